The Bertz CT molecular complexity index is 532. The summed E-state index contributed by atoms with van der Waals surface area (Å²) in [5.41, 5.74) is 2.52. The summed E-state index contributed by atoms with van der Waals surface area (Å²) in [5, 5.41) is 4.23. The molecule has 0 spiro atoms. The number of rotatable bonds is 4. The van der Waals surface area contributed by atoms with Gasteiger partial charge in [0.1, 0.15) is 5.56 Å². The van der Waals surface area contributed by atoms with Crippen molar-refractivity contribution in [3.05, 3.63) is 53.3 Å². The first kappa shape index (κ1) is 12.4. The summed E-state index contributed by atoms with van der Waals surface area (Å²) in [7, 11) is 0. The predicted octanol–water partition coefficient (Wildman–Crippen LogP) is 2.42. The van der Waals surface area contributed by atoms with Crippen LogP contribution in [0, 0.1) is 6.92 Å². The van der Waals surface area contributed by atoms with Gasteiger partial charge in [0.25, 0.3) is 0 Å². The number of esters is 1. The lowest BCUT2D eigenvalue weighted by atomic mass is 10.2. The van der Waals surface area contributed by atoms with Crippen LogP contribution in [0.1, 0.15) is 28.5 Å². The zero-order valence-corrected chi connectivity index (χ0v) is 10.6. The van der Waals surface area contributed by atoms with Gasteiger partial charge < -0.3 is 4.74 Å². The van der Waals surface area contributed by atoms with Crippen LogP contribution in [0.5, 0.6) is 0 Å². The zero-order chi connectivity index (χ0) is 13.0. The minimum absolute atomic E-state index is 0.311. The largest absolute Gasteiger partial charge is 0.462 e. The molecule has 1 aromatic carbocycles. The average molecular weight is 244 g/mol. The van der Waals surface area contributed by atoms with Crippen LogP contribution in [0.15, 0.2) is 36.5 Å². The van der Waals surface area contributed by atoms with Gasteiger partial charge in [-0.2, -0.15) is 5.10 Å². The van der Waals surface area contributed by atoms with Crippen LogP contribution in [-0.4, -0.2) is 22.4 Å². The van der Waals surface area contributed by atoms with Gasteiger partial charge in [-0.15, -0.1) is 0 Å². The van der Waals surface area contributed by atoms with Crippen molar-refractivity contribution in [1.82, 2.24) is 9.78 Å². The van der Waals surface area contributed by atoms with E-state index in [-0.39, 0.29) is 5.97 Å². The SMILES string of the molecule is CCOC(=O)c1cnn(Cc2ccccc2)c1C. The molecule has 0 unspecified atom stereocenters. The summed E-state index contributed by atoms with van der Waals surface area (Å²) in [6, 6.07) is 10.0. The number of ether oxygens (including phenoxy) is 1. The Morgan fingerprint density at radius 1 is 1.33 bits per heavy atom. The molecule has 0 aliphatic rings. The van der Waals surface area contributed by atoms with Crippen molar-refractivity contribution in [3.63, 3.8) is 0 Å². The lowest BCUT2D eigenvalue weighted by molar-refractivity contribution is 0.0525. The Morgan fingerprint density at radius 3 is 2.72 bits per heavy atom. The Labute approximate surface area is 106 Å². The first-order chi connectivity index (χ1) is 8.72. The highest BCUT2D eigenvalue weighted by atomic mass is 16.5. The Balaban J connectivity index is 2.18. The van der Waals surface area contributed by atoms with E-state index < -0.39 is 0 Å². The van der Waals surface area contributed by atoms with Gasteiger partial charge in [-0.05, 0) is 19.4 Å². The van der Waals surface area contributed by atoms with Gasteiger partial charge in [-0.1, -0.05) is 30.3 Å². The molecular weight excluding hydrogens is 228 g/mol. The molecule has 1 heterocycles. The fourth-order valence-electron chi connectivity index (χ4n) is 1.77. The van der Waals surface area contributed by atoms with E-state index in [1.165, 1.54) is 0 Å². The van der Waals surface area contributed by atoms with Crippen molar-refractivity contribution in [2.45, 2.75) is 20.4 Å². The topological polar surface area (TPSA) is 44.1 Å². The van der Waals surface area contributed by atoms with Crippen LogP contribution in [0.2, 0.25) is 0 Å². The zero-order valence-electron chi connectivity index (χ0n) is 10.6. The van der Waals surface area contributed by atoms with Gasteiger partial charge in [0.15, 0.2) is 0 Å². The third-order valence-corrected chi connectivity index (χ3v) is 2.77. The third-order valence-electron chi connectivity index (χ3n) is 2.77. The van der Waals surface area contributed by atoms with Crippen LogP contribution in [0.4, 0.5) is 0 Å². The van der Waals surface area contributed by atoms with E-state index in [0.717, 1.165) is 11.3 Å². The molecule has 1 aromatic heterocycles. The second-order valence-electron chi connectivity index (χ2n) is 4.01. The minimum atomic E-state index is -0.311. The van der Waals surface area contributed by atoms with Crippen LogP contribution in [0.25, 0.3) is 0 Å². The minimum Gasteiger partial charge on any atom is -0.462 e. The fourth-order valence-corrected chi connectivity index (χ4v) is 1.77. The summed E-state index contributed by atoms with van der Waals surface area (Å²) < 4.78 is 6.79. The van der Waals surface area contributed by atoms with Crippen LogP contribution >= 0.6 is 0 Å². The number of benzene rings is 1. The van der Waals surface area contributed by atoms with Gasteiger partial charge >= 0.3 is 5.97 Å². The van der Waals surface area contributed by atoms with Crippen LogP contribution < -0.4 is 0 Å². The number of hydrogen-bond acceptors (Lipinski definition) is 3. The number of carbonyl (C=O) groups is 1. The molecule has 2 rings (SSSR count). The van der Waals surface area contributed by atoms with Crippen molar-refractivity contribution in [1.29, 1.82) is 0 Å². The van der Waals surface area contributed by atoms with Crippen molar-refractivity contribution in [2.24, 2.45) is 0 Å². The van der Waals surface area contributed by atoms with E-state index in [9.17, 15) is 4.79 Å². The van der Waals surface area contributed by atoms with Gasteiger partial charge in [0.05, 0.1) is 25.0 Å². The molecule has 0 amide bonds. The molecule has 2 aromatic rings. The van der Waals surface area contributed by atoms with Gasteiger partial charge in [0.2, 0.25) is 0 Å². The Kier molecular flexibility index (Phi) is 3.77. The van der Waals surface area contributed by atoms with E-state index in [1.807, 2.05) is 41.9 Å². The monoisotopic (exact) mass is 244 g/mol. The molecule has 0 aliphatic carbocycles. The maximum Gasteiger partial charge on any atom is 0.341 e. The van der Waals surface area contributed by atoms with Gasteiger partial charge in [-0.3, -0.25) is 4.68 Å². The number of aromatic nitrogens is 2. The molecule has 0 aliphatic heterocycles. The number of hydrogen-bond donors (Lipinski definition) is 0. The molecule has 0 saturated heterocycles. The summed E-state index contributed by atoms with van der Waals surface area (Å²) in [5.74, 6) is -0.311. The number of nitrogens with zero attached hydrogens (tertiary/aromatic N) is 2. The van der Waals surface area contributed by atoms with E-state index in [4.69, 9.17) is 4.74 Å². The first-order valence-electron chi connectivity index (χ1n) is 5.95. The third kappa shape index (κ3) is 2.59. The number of carbonyl (C=O) groups excluding carboxylic acids is 1. The Morgan fingerprint density at radius 2 is 2.06 bits per heavy atom. The molecule has 0 radical (unpaired) electrons. The maximum atomic E-state index is 11.7. The molecule has 18 heavy (non-hydrogen) atoms. The fraction of sp³-hybridized carbons (Fsp3) is 0.286. The van der Waals surface area contributed by atoms with Crippen molar-refractivity contribution < 1.29 is 9.53 Å². The highest BCUT2D eigenvalue weighted by Gasteiger charge is 2.14. The molecule has 0 N–H and O–H groups in total. The predicted molar refractivity (Wildman–Crippen MR) is 68.5 cm³/mol. The molecule has 0 fully saturated rings. The molecular formula is C14H16N2O2. The van der Waals surface area contributed by atoms with Crippen molar-refractivity contribution >= 4 is 5.97 Å². The summed E-state index contributed by atoms with van der Waals surface area (Å²) in [6.07, 6.45) is 1.57. The van der Waals surface area contributed by atoms with Crippen LogP contribution in [-0.2, 0) is 11.3 Å². The molecule has 4 heteroatoms. The summed E-state index contributed by atoms with van der Waals surface area (Å²) in [4.78, 5) is 11.7. The molecule has 94 valence electrons. The van der Waals surface area contributed by atoms with Gasteiger partial charge in [-0.25, -0.2) is 4.79 Å². The molecule has 0 saturated carbocycles. The highest BCUT2D eigenvalue weighted by molar-refractivity contribution is 5.90. The van der Waals surface area contributed by atoms with E-state index >= 15 is 0 Å². The van der Waals surface area contributed by atoms with Crippen molar-refractivity contribution in [2.75, 3.05) is 6.61 Å². The maximum absolute atomic E-state index is 11.7. The standard InChI is InChI=1S/C14H16N2O2/c1-3-18-14(17)13-9-15-16(11(13)2)10-12-7-5-4-6-8-12/h4-9H,3,10H2,1-2H3. The lowest BCUT2D eigenvalue weighted by Crippen LogP contribution is -2.08. The Hall–Kier alpha value is -2.10. The van der Waals surface area contributed by atoms with E-state index in [1.54, 1.807) is 13.1 Å². The van der Waals surface area contributed by atoms with Crippen LogP contribution in [0.3, 0.4) is 0 Å². The average Bonchev–Trinajstić information content (AvgIpc) is 2.73. The smallest absolute Gasteiger partial charge is 0.341 e. The summed E-state index contributed by atoms with van der Waals surface area (Å²) in [6.45, 7) is 4.71. The van der Waals surface area contributed by atoms with Crippen molar-refractivity contribution in [3.8, 4) is 0 Å². The lowest BCUT2D eigenvalue weighted by Gasteiger charge is -2.05. The van der Waals surface area contributed by atoms with E-state index in [0.29, 0.717) is 18.7 Å². The normalized spacial score (nSPS) is 10.3. The first-order valence-corrected chi connectivity index (χ1v) is 5.95. The molecule has 0 bridgehead atoms. The molecule has 0 atom stereocenters. The molecule has 4 nitrogen and oxygen atoms in total. The van der Waals surface area contributed by atoms with Gasteiger partial charge in [0, 0.05) is 0 Å². The summed E-state index contributed by atoms with van der Waals surface area (Å²) >= 11 is 0. The van der Waals surface area contributed by atoms with E-state index in [2.05, 4.69) is 5.10 Å². The second-order valence-corrected chi connectivity index (χ2v) is 4.01. The highest BCUT2D eigenvalue weighted by Crippen LogP contribution is 2.11. The quantitative estimate of drug-likeness (QED) is 0.776. The second kappa shape index (κ2) is 5.49.